The van der Waals surface area contributed by atoms with Crippen molar-refractivity contribution in [2.45, 2.75) is 58.3 Å². The molecule has 0 saturated heterocycles. The first-order valence-electron chi connectivity index (χ1n) is 7.04. The molecule has 0 radical (unpaired) electrons. The van der Waals surface area contributed by atoms with Gasteiger partial charge in [-0.1, -0.05) is 39.0 Å². The van der Waals surface area contributed by atoms with Gasteiger partial charge < -0.3 is 5.32 Å². The molecule has 0 aliphatic heterocycles. The number of thioether (sulfide) groups is 1. The van der Waals surface area contributed by atoms with E-state index in [0.29, 0.717) is 12.0 Å². The molecule has 0 bridgehead atoms. The van der Waals surface area contributed by atoms with Crippen molar-refractivity contribution < 1.29 is 0 Å². The summed E-state index contributed by atoms with van der Waals surface area (Å²) in [6.45, 7) is 11.5. The van der Waals surface area contributed by atoms with Gasteiger partial charge in [-0.25, -0.2) is 9.89 Å². The van der Waals surface area contributed by atoms with Crippen molar-refractivity contribution >= 4 is 11.8 Å². The van der Waals surface area contributed by atoms with Gasteiger partial charge in [-0.05, 0) is 26.3 Å². The molecular weight excluding hydrogens is 260 g/mol. The van der Waals surface area contributed by atoms with E-state index in [1.165, 1.54) is 0 Å². The number of rotatable bonds is 8. The minimum atomic E-state index is -0.124. The quantitative estimate of drug-likeness (QED) is 0.720. The van der Waals surface area contributed by atoms with Crippen molar-refractivity contribution in [2.24, 2.45) is 5.92 Å². The second-order valence-corrected chi connectivity index (χ2v) is 6.12. The van der Waals surface area contributed by atoms with Gasteiger partial charge in [0.15, 0.2) is 5.16 Å². The predicted octanol–water partition coefficient (Wildman–Crippen LogP) is 2.27. The molecule has 1 heterocycles. The highest BCUT2D eigenvalue weighted by atomic mass is 32.2. The van der Waals surface area contributed by atoms with E-state index in [1.54, 1.807) is 16.3 Å². The molecule has 0 amide bonds. The largest absolute Gasteiger partial charge is 0.344 e. The van der Waals surface area contributed by atoms with E-state index in [1.807, 2.05) is 13.8 Å². The lowest BCUT2D eigenvalue weighted by Gasteiger charge is -2.23. The summed E-state index contributed by atoms with van der Waals surface area (Å²) in [6, 6.07) is 0.586. The van der Waals surface area contributed by atoms with Crippen LogP contribution in [0.5, 0.6) is 0 Å². The minimum absolute atomic E-state index is 0.124. The molecule has 19 heavy (non-hydrogen) atoms. The van der Waals surface area contributed by atoms with Crippen LogP contribution in [0.3, 0.4) is 0 Å². The molecule has 2 unspecified atom stereocenters. The van der Waals surface area contributed by atoms with Gasteiger partial charge in [-0.3, -0.25) is 4.57 Å². The lowest BCUT2D eigenvalue weighted by atomic mass is 10.0. The number of aromatic nitrogens is 3. The highest BCUT2D eigenvalue weighted by molar-refractivity contribution is 7.99. The van der Waals surface area contributed by atoms with Gasteiger partial charge in [-0.15, -0.1) is 5.10 Å². The molecule has 1 aromatic heterocycles. The zero-order valence-corrected chi connectivity index (χ0v) is 13.4. The fourth-order valence-corrected chi connectivity index (χ4v) is 3.30. The highest BCUT2D eigenvalue weighted by Gasteiger charge is 2.18. The maximum atomic E-state index is 11.7. The van der Waals surface area contributed by atoms with E-state index in [9.17, 15) is 4.79 Å². The van der Waals surface area contributed by atoms with Crippen LogP contribution in [-0.4, -0.2) is 33.1 Å². The summed E-state index contributed by atoms with van der Waals surface area (Å²) in [7, 11) is 0. The molecule has 5 nitrogen and oxygen atoms in total. The Hall–Kier alpha value is -0.750. The summed E-state index contributed by atoms with van der Waals surface area (Å²) in [5, 5.41) is 10.9. The van der Waals surface area contributed by atoms with Crippen LogP contribution in [0.25, 0.3) is 0 Å². The van der Waals surface area contributed by atoms with Gasteiger partial charge in [0, 0.05) is 17.8 Å². The summed E-state index contributed by atoms with van der Waals surface area (Å²) in [6.07, 6.45) is 1.15. The van der Waals surface area contributed by atoms with Crippen LogP contribution in [-0.2, 0) is 0 Å². The van der Waals surface area contributed by atoms with Gasteiger partial charge >= 0.3 is 5.69 Å². The molecule has 6 heteroatoms. The van der Waals surface area contributed by atoms with E-state index in [-0.39, 0.29) is 11.7 Å². The van der Waals surface area contributed by atoms with Crippen LogP contribution in [0, 0.1) is 5.92 Å². The standard InChI is InChI=1S/C13H26N4OS/c1-6-10(5)11(14-7-2)8-19-13-16-15-12(18)17(13)9(3)4/h9-11,14H,6-8H2,1-5H3,(H,15,18). The van der Waals surface area contributed by atoms with Crippen molar-refractivity contribution in [3.05, 3.63) is 10.5 Å². The molecule has 110 valence electrons. The third-order valence-electron chi connectivity index (χ3n) is 3.38. The van der Waals surface area contributed by atoms with Gasteiger partial charge in [0.05, 0.1) is 0 Å². The molecule has 0 aromatic carbocycles. The lowest BCUT2D eigenvalue weighted by molar-refractivity contribution is 0.403. The summed E-state index contributed by atoms with van der Waals surface area (Å²) >= 11 is 1.65. The first kappa shape index (κ1) is 16.3. The van der Waals surface area contributed by atoms with E-state index in [0.717, 1.165) is 23.9 Å². The number of hydrogen-bond donors (Lipinski definition) is 2. The Morgan fingerprint density at radius 3 is 2.58 bits per heavy atom. The highest BCUT2D eigenvalue weighted by Crippen LogP contribution is 2.21. The maximum absolute atomic E-state index is 11.7. The molecule has 0 aliphatic rings. The van der Waals surface area contributed by atoms with Crippen molar-refractivity contribution in [1.82, 2.24) is 20.1 Å². The van der Waals surface area contributed by atoms with Crippen molar-refractivity contribution in [3.8, 4) is 0 Å². The number of hydrogen-bond acceptors (Lipinski definition) is 4. The topological polar surface area (TPSA) is 62.7 Å². The Morgan fingerprint density at radius 2 is 2.05 bits per heavy atom. The number of aromatic amines is 1. The fourth-order valence-electron chi connectivity index (χ4n) is 1.98. The second kappa shape index (κ2) is 7.75. The molecule has 0 saturated carbocycles. The smallest absolute Gasteiger partial charge is 0.313 e. The van der Waals surface area contributed by atoms with Crippen LogP contribution in [0.1, 0.15) is 47.1 Å². The van der Waals surface area contributed by atoms with Crippen molar-refractivity contribution in [1.29, 1.82) is 0 Å². The zero-order valence-electron chi connectivity index (χ0n) is 12.6. The van der Waals surface area contributed by atoms with Crippen LogP contribution in [0.4, 0.5) is 0 Å². The third kappa shape index (κ3) is 4.38. The first-order valence-corrected chi connectivity index (χ1v) is 8.02. The fraction of sp³-hybridized carbons (Fsp3) is 0.846. The third-order valence-corrected chi connectivity index (χ3v) is 4.45. The van der Waals surface area contributed by atoms with Gasteiger partial charge in [0.2, 0.25) is 0 Å². The summed E-state index contributed by atoms with van der Waals surface area (Å²) in [5.41, 5.74) is -0.124. The lowest BCUT2D eigenvalue weighted by Crippen LogP contribution is -2.37. The van der Waals surface area contributed by atoms with Crippen molar-refractivity contribution in [2.75, 3.05) is 12.3 Å². The molecule has 2 atom stereocenters. The van der Waals surface area contributed by atoms with E-state index >= 15 is 0 Å². The van der Waals surface area contributed by atoms with Crippen molar-refractivity contribution in [3.63, 3.8) is 0 Å². The zero-order chi connectivity index (χ0) is 14.4. The Labute approximate surface area is 119 Å². The molecule has 1 aromatic rings. The normalized spacial score (nSPS) is 14.8. The predicted molar refractivity (Wildman–Crippen MR) is 80.9 cm³/mol. The molecule has 1 rings (SSSR count). The molecule has 0 aliphatic carbocycles. The Balaban J connectivity index is 2.71. The molecule has 0 fully saturated rings. The summed E-state index contributed by atoms with van der Waals surface area (Å²) in [5.74, 6) is 1.55. The first-order chi connectivity index (χ1) is 9.01. The molecule has 0 spiro atoms. The molecular formula is C13H26N4OS. The van der Waals surface area contributed by atoms with E-state index in [2.05, 4.69) is 36.3 Å². The minimum Gasteiger partial charge on any atom is -0.313 e. The Morgan fingerprint density at radius 1 is 1.37 bits per heavy atom. The van der Waals surface area contributed by atoms with Gasteiger partial charge in [0.25, 0.3) is 0 Å². The number of nitrogens with zero attached hydrogens (tertiary/aromatic N) is 2. The second-order valence-electron chi connectivity index (χ2n) is 5.14. The Kier molecular flexibility index (Phi) is 6.65. The average molecular weight is 286 g/mol. The van der Waals surface area contributed by atoms with Gasteiger partial charge in [0.1, 0.15) is 0 Å². The van der Waals surface area contributed by atoms with Gasteiger partial charge in [-0.2, -0.15) is 0 Å². The SMILES string of the molecule is CCNC(CSc1n[nH]c(=O)n1C(C)C)C(C)CC. The van der Waals surface area contributed by atoms with Crippen LogP contribution in [0.15, 0.2) is 9.95 Å². The maximum Gasteiger partial charge on any atom is 0.344 e. The number of H-pyrrole nitrogens is 1. The monoisotopic (exact) mass is 286 g/mol. The van der Waals surface area contributed by atoms with E-state index in [4.69, 9.17) is 0 Å². The Bertz CT molecular complexity index is 427. The average Bonchev–Trinajstić information content (AvgIpc) is 2.74. The summed E-state index contributed by atoms with van der Waals surface area (Å²) < 4.78 is 1.71. The van der Waals surface area contributed by atoms with Crippen LogP contribution in [0.2, 0.25) is 0 Å². The molecule has 2 N–H and O–H groups in total. The number of nitrogens with one attached hydrogen (secondary N) is 2. The van der Waals surface area contributed by atoms with Crippen LogP contribution < -0.4 is 11.0 Å². The van der Waals surface area contributed by atoms with E-state index < -0.39 is 0 Å². The van der Waals surface area contributed by atoms with Crippen LogP contribution >= 0.6 is 11.8 Å². The summed E-state index contributed by atoms with van der Waals surface area (Å²) in [4.78, 5) is 11.7.